The van der Waals surface area contributed by atoms with Gasteiger partial charge in [0.05, 0.1) is 6.04 Å². The van der Waals surface area contributed by atoms with Crippen molar-refractivity contribution in [1.29, 1.82) is 0 Å². The summed E-state index contributed by atoms with van der Waals surface area (Å²) >= 11 is 0. The van der Waals surface area contributed by atoms with E-state index in [0.717, 1.165) is 29.0 Å². The quantitative estimate of drug-likeness (QED) is 0.457. The number of anilines is 1. The fourth-order valence-corrected chi connectivity index (χ4v) is 2.41. The van der Waals surface area contributed by atoms with Crippen LogP contribution in [0.1, 0.15) is 40.3 Å². The molecule has 1 unspecified atom stereocenters. The maximum absolute atomic E-state index is 5.82. The molecule has 0 radical (unpaired) electrons. The Balaban J connectivity index is 0.000000987. The van der Waals surface area contributed by atoms with Crippen molar-refractivity contribution in [2.75, 3.05) is 18.1 Å². The number of likely N-dealkylation sites (N-methyl/N-ethyl adjacent to an activating group) is 1. The van der Waals surface area contributed by atoms with E-state index in [4.69, 9.17) is 4.74 Å². The van der Waals surface area contributed by atoms with Crippen LogP contribution < -0.4 is 61.0 Å². The predicted molar refractivity (Wildman–Crippen MR) is 96.1 cm³/mol. The Labute approximate surface area is 188 Å². The predicted octanol–water partition coefficient (Wildman–Crippen LogP) is 0.963. The van der Waals surface area contributed by atoms with Gasteiger partial charge in [0, 0.05) is 24.4 Å². The van der Waals surface area contributed by atoms with Crippen molar-refractivity contribution >= 4 is 16.7 Å². The molecule has 1 aliphatic heterocycles. The smallest absolute Gasteiger partial charge is 0.476 e. The van der Waals surface area contributed by atoms with Crippen LogP contribution in [-0.4, -0.2) is 34.1 Å². The maximum atomic E-state index is 5.82. The Hall–Kier alpha value is -0.534. The van der Waals surface area contributed by atoms with E-state index in [1.54, 1.807) is 0 Å². The van der Waals surface area contributed by atoms with Gasteiger partial charge in [0.15, 0.2) is 0 Å². The van der Waals surface area contributed by atoms with E-state index < -0.39 is 0 Å². The van der Waals surface area contributed by atoms with E-state index in [-0.39, 0.29) is 57.4 Å². The Morgan fingerprint density at radius 3 is 2.58 bits per heavy atom. The summed E-state index contributed by atoms with van der Waals surface area (Å²) < 4.78 is 5.82. The van der Waals surface area contributed by atoms with Gasteiger partial charge in [-0.15, -0.1) is 6.58 Å². The molecule has 1 atom stereocenters. The van der Waals surface area contributed by atoms with Crippen LogP contribution in [0.4, 0.5) is 5.82 Å². The van der Waals surface area contributed by atoms with Gasteiger partial charge in [-0.1, -0.05) is 39.8 Å². The summed E-state index contributed by atoms with van der Waals surface area (Å²) in [4.78, 5) is 15.1. The summed E-state index contributed by atoms with van der Waals surface area (Å²) in [7, 11) is 0. The van der Waals surface area contributed by atoms with Crippen LogP contribution in [0.2, 0.25) is 0 Å². The van der Waals surface area contributed by atoms with Crippen LogP contribution in [0.25, 0.3) is 10.9 Å². The van der Waals surface area contributed by atoms with Gasteiger partial charge in [0.2, 0.25) is 5.88 Å². The van der Waals surface area contributed by atoms with E-state index in [1.807, 2.05) is 46.8 Å². The third-order valence-corrected chi connectivity index (χ3v) is 3.32. The van der Waals surface area contributed by atoms with E-state index in [9.17, 15) is 0 Å². The van der Waals surface area contributed by atoms with Crippen LogP contribution in [0.5, 0.6) is 5.88 Å². The SMILES string of the molecule is C=CC1COc2nc(C)cc3n[c-]nc(c23)N1CC.CC.CC.[K+]. The second-order valence-corrected chi connectivity index (χ2v) is 4.51. The molecule has 5 nitrogen and oxygen atoms in total. The van der Waals surface area contributed by atoms with E-state index in [1.165, 1.54) is 0 Å². The van der Waals surface area contributed by atoms with Crippen LogP contribution in [0.3, 0.4) is 0 Å². The van der Waals surface area contributed by atoms with E-state index >= 15 is 0 Å². The van der Waals surface area contributed by atoms with Gasteiger partial charge in [0.25, 0.3) is 0 Å². The molecule has 1 aliphatic rings. The first-order valence-electron chi connectivity index (χ1n) is 8.32. The largest absolute Gasteiger partial charge is 1.00 e. The standard InChI is InChI=1S/C14H15N4O.2C2H6.K/c1-4-10-7-19-14-12-11(6-9(3)17-14)15-8-16-13(12)18(10)5-2;2*1-2;/h4,6,10H,1,5,7H2,2-3H3;2*1-2H3;/q-1;;;+1. The number of aryl methyl sites for hydroxylation is 1. The number of nitrogens with zero attached hydrogens (tertiary/aromatic N) is 4. The Bertz CT molecular complexity index is 648. The second-order valence-electron chi connectivity index (χ2n) is 4.51. The molecule has 0 saturated carbocycles. The van der Waals surface area contributed by atoms with Crippen LogP contribution in [0.15, 0.2) is 18.7 Å². The van der Waals surface area contributed by atoms with E-state index in [2.05, 4.69) is 39.7 Å². The van der Waals surface area contributed by atoms with Crippen molar-refractivity contribution in [3.05, 3.63) is 30.7 Å². The average molecular weight is 355 g/mol. The monoisotopic (exact) mass is 354 g/mol. The molecule has 3 heterocycles. The molecule has 0 aliphatic carbocycles. The minimum atomic E-state index is 0. The number of aromatic nitrogens is 3. The summed E-state index contributed by atoms with van der Waals surface area (Å²) in [6.45, 7) is 17.2. The van der Waals surface area contributed by atoms with Gasteiger partial charge >= 0.3 is 51.4 Å². The van der Waals surface area contributed by atoms with Crippen LogP contribution in [-0.2, 0) is 0 Å². The first-order valence-corrected chi connectivity index (χ1v) is 8.32. The van der Waals surface area contributed by atoms with Crippen molar-refractivity contribution in [3.63, 3.8) is 0 Å². The zero-order chi connectivity index (χ0) is 17.4. The fraction of sp³-hybridized carbons (Fsp3) is 0.500. The van der Waals surface area contributed by atoms with Gasteiger partial charge in [-0.2, -0.15) is 0 Å². The number of hydrogen-bond donors (Lipinski definition) is 0. The molecule has 2 aromatic heterocycles. The molecule has 0 spiro atoms. The van der Waals surface area contributed by atoms with Crippen molar-refractivity contribution in [3.8, 4) is 5.88 Å². The summed E-state index contributed by atoms with van der Waals surface area (Å²) in [6, 6.07) is 2.00. The third kappa shape index (κ3) is 4.99. The number of pyridine rings is 1. The molecular formula is C18H27KN4O. The summed E-state index contributed by atoms with van der Waals surface area (Å²) in [5, 5.41) is 0.857. The molecule has 3 rings (SSSR count). The number of rotatable bonds is 2. The van der Waals surface area contributed by atoms with Crippen molar-refractivity contribution in [2.24, 2.45) is 0 Å². The number of hydrogen-bond acceptors (Lipinski definition) is 5. The molecule has 0 saturated heterocycles. The summed E-state index contributed by atoms with van der Waals surface area (Å²) in [5.41, 5.74) is 1.69. The van der Waals surface area contributed by atoms with Crippen molar-refractivity contribution in [2.45, 2.75) is 47.6 Å². The van der Waals surface area contributed by atoms with Gasteiger partial charge in [-0.05, 0) is 24.8 Å². The summed E-state index contributed by atoms with van der Waals surface area (Å²) in [5.74, 6) is 1.42. The Morgan fingerprint density at radius 1 is 1.33 bits per heavy atom. The fourth-order valence-electron chi connectivity index (χ4n) is 2.41. The molecule has 2 aromatic rings. The molecule has 0 aromatic carbocycles. The summed E-state index contributed by atoms with van der Waals surface area (Å²) in [6.07, 6.45) is 4.59. The molecular weight excluding hydrogens is 327 g/mol. The first kappa shape index (κ1) is 23.5. The Kier molecular flexibility index (Phi) is 11.7. The van der Waals surface area contributed by atoms with Gasteiger partial charge in [0.1, 0.15) is 6.61 Å². The van der Waals surface area contributed by atoms with Crippen LogP contribution in [0, 0.1) is 13.3 Å². The molecule has 24 heavy (non-hydrogen) atoms. The zero-order valence-electron chi connectivity index (χ0n) is 16.1. The number of ether oxygens (including phenoxy) is 1. The molecule has 126 valence electrons. The van der Waals surface area contributed by atoms with Gasteiger partial charge in [-0.25, -0.2) is 4.98 Å². The minimum absolute atomic E-state index is 0. The van der Waals surface area contributed by atoms with Crippen molar-refractivity contribution < 1.29 is 56.1 Å². The zero-order valence-corrected chi connectivity index (χ0v) is 19.2. The molecule has 0 fully saturated rings. The maximum Gasteiger partial charge on any atom is 1.00 e. The molecule has 6 heteroatoms. The topological polar surface area (TPSA) is 51.1 Å². The molecule has 0 amide bonds. The van der Waals surface area contributed by atoms with E-state index in [0.29, 0.717) is 12.5 Å². The van der Waals surface area contributed by atoms with Gasteiger partial charge < -0.3 is 19.6 Å². The third-order valence-electron chi connectivity index (χ3n) is 3.32. The van der Waals surface area contributed by atoms with Crippen molar-refractivity contribution in [1.82, 2.24) is 15.0 Å². The minimum Gasteiger partial charge on any atom is -0.476 e. The van der Waals surface area contributed by atoms with Crippen LogP contribution >= 0.6 is 0 Å². The normalized spacial score (nSPS) is 14.8. The van der Waals surface area contributed by atoms with Gasteiger partial charge in [-0.3, -0.25) is 0 Å². The molecule has 0 N–H and O–H groups in total. The second kappa shape index (κ2) is 11.9. The Morgan fingerprint density at radius 2 is 2.00 bits per heavy atom. The average Bonchev–Trinajstić information content (AvgIpc) is 2.76. The molecule has 0 bridgehead atoms. The first-order chi connectivity index (χ1) is 11.2.